The van der Waals surface area contributed by atoms with Crippen LogP contribution in [0.1, 0.15) is 34.9 Å². The standard InChI is InChI=1S/C23H26N4/c1-25-11-9-22(18-5-3-2-4-6-18)21-8-7-20(15-19(21)16-25)27-14-13-26-12-10-24-23(26)17-27/h2-8,10,12,15,22H,9,11,13-14,16-17H2,1H3. The van der Waals surface area contributed by atoms with Gasteiger partial charge in [-0.3, -0.25) is 0 Å². The van der Waals surface area contributed by atoms with Gasteiger partial charge in [0.25, 0.3) is 0 Å². The Bertz CT molecular complexity index is 931. The van der Waals surface area contributed by atoms with Gasteiger partial charge in [0.15, 0.2) is 0 Å². The molecule has 5 rings (SSSR count). The zero-order valence-electron chi connectivity index (χ0n) is 15.9. The molecule has 0 saturated carbocycles. The minimum atomic E-state index is 0.487. The molecule has 2 aliphatic heterocycles. The average Bonchev–Trinajstić information content (AvgIpc) is 3.10. The lowest BCUT2D eigenvalue weighted by Crippen LogP contribution is -2.33. The number of imidazole rings is 1. The summed E-state index contributed by atoms with van der Waals surface area (Å²) in [5, 5.41) is 0. The largest absolute Gasteiger partial charge is 0.362 e. The molecule has 0 spiro atoms. The van der Waals surface area contributed by atoms with Crippen molar-refractivity contribution in [2.24, 2.45) is 0 Å². The van der Waals surface area contributed by atoms with E-state index >= 15 is 0 Å². The predicted octanol–water partition coefficient (Wildman–Crippen LogP) is 3.87. The molecule has 138 valence electrons. The van der Waals surface area contributed by atoms with Gasteiger partial charge >= 0.3 is 0 Å². The van der Waals surface area contributed by atoms with Crippen LogP contribution in [0.4, 0.5) is 5.69 Å². The first-order valence-electron chi connectivity index (χ1n) is 9.89. The lowest BCUT2D eigenvalue weighted by molar-refractivity contribution is 0.328. The first-order valence-corrected chi connectivity index (χ1v) is 9.89. The third kappa shape index (κ3) is 3.15. The van der Waals surface area contributed by atoms with Gasteiger partial charge in [-0.15, -0.1) is 0 Å². The molecule has 0 amide bonds. The van der Waals surface area contributed by atoms with E-state index in [1.807, 2.05) is 6.20 Å². The van der Waals surface area contributed by atoms with Gasteiger partial charge in [0.05, 0.1) is 6.54 Å². The summed E-state index contributed by atoms with van der Waals surface area (Å²) in [6, 6.07) is 18.1. The number of nitrogens with zero attached hydrogens (tertiary/aromatic N) is 4. The average molecular weight is 358 g/mol. The molecule has 0 fully saturated rings. The molecule has 3 aromatic rings. The fraction of sp³-hybridized carbons (Fsp3) is 0.348. The number of aromatic nitrogens is 2. The molecule has 27 heavy (non-hydrogen) atoms. The van der Waals surface area contributed by atoms with Crippen molar-refractivity contribution >= 4 is 5.69 Å². The van der Waals surface area contributed by atoms with E-state index < -0.39 is 0 Å². The maximum absolute atomic E-state index is 4.51. The van der Waals surface area contributed by atoms with Crippen molar-refractivity contribution in [2.75, 3.05) is 25.0 Å². The highest BCUT2D eigenvalue weighted by Gasteiger charge is 2.24. The third-order valence-electron chi connectivity index (χ3n) is 6.05. The zero-order valence-corrected chi connectivity index (χ0v) is 15.9. The highest BCUT2D eigenvalue weighted by molar-refractivity contribution is 5.54. The minimum Gasteiger partial charge on any atom is -0.362 e. The van der Waals surface area contributed by atoms with E-state index in [1.54, 1.807) is 0 Å². The highest BCUT2D eigenvalue weighted by atomic mass is 15.2. The lowest BCUT2D eigenvalue weighted by atomic mass is 9.86. The van der Waals surface area contributed by atoms with Crippen LogP contribution in [0.3, 0.4) is 0 Å². The van der Waals surface area contributed by atoms with E-state index in [4.69, 9.17) is 0 Å². The Hall–Kier alpha value is -2.59. The van der Waals surface area contributed by atoms with Crippen molar-refractivity contribution in [3.05, 3.63) is 83.4 Å². The summed E-state index contributed by atoms with van der Waals surface area (Å²) in [6.07, 6.45) is 5.17. The first-order chi connectivity index (χ1) is 13.3. The van der Waals surface area contributed by atoms with E-state index in [-0.39, 0.29) is 0 Å². The summed E-state index contributed by atoms with van der Waals surface area (Å²) >= 11 is 0. The van der Waals surface area contributed by atoms with E-state index in [0.717, 1.165) is 38.5 Å². The quantitative estimate of drug-likeness (QED) is 0.695. The van der Waals surface area contributed by atoms with Crippen molar-refractivity contribution in [3.8, 4) is 0 Å². The van der Waals surface area contributed by atoms with Crippen LogP contribution >= 0.6 is 0 Å². The molecule has 2 aromatic carbocycles. The number of hydrogen-bond acceptors (Lipinski definition) is 3. The SMILES string of the molecule is CN1CCC(c2ccccc2)c2ccc(N3CCn4ccnc4C3)cc2C1. The van der Waals surface area contributed by atoms with Crippen LogP contribution < -0.4 is 4.90 Å². The van der Waals surface area contributed by atoms with Gasteiger partial charge in [-0.25, -0.2) is 4.98 Å². The summed E-state index contributed by atoms with van der Waals surface area (Å²) in [7, 11) is 2.24. The van der Waals surface area contributed by atoms with Gasteiger partial charge in [0.2, 0.25) is 0 Å². The molecule has 0 bridgehead atoms. The second-order valence-corrected chi connectivity index (χ2v) is 7.83. The van der Waals surface area contributed by atoms with Crippen LogP contribution in [0.5, 0.6) is 0 Å². The molecular weight excluding hydrogens is 332 g/mol. The fourth-order valence-corrected chi connectivity index (χ4v) is 4.57. The number of hydrogen-bond donors (Lipinski definition) is 0. The van der Waals surface area contributed by atoms with Gasteiger partial charge in [-0.1, -0.05) is 36.4 Å². The molecule has 0 aliphatic carbocycles. The number of benzene rings is 2. The Balaban J connectivity index is 1.50. The molecule has 0 saturated heterocycles. The topological polar surface area (TPSA) is 24.3 Å². The van der Waals surface area contributed by atoms with Crippen LogP contribution in [0.25, 0.3) is 0 Å². The van der Waals surface area contributed by atoms with Crippen LogP contribution in [0, 0.1) is 0 Å². The Morgan fingerprint density at radius 3 is 2.74 bits per heavy atom. The first kappa shape index (κ1) is 16.6. The fourth-order valence-electron chi connectivity index (χ4n) is 4.57. The molecule has 2 aliphatic rings. The molecule has 4 heteroatoms. The van der Waals surface area contributed by atoms with Gasteiger partial charge in [-0.05, 0) is 48.8 Å². The molecule has 3 heterocycles. The number of rotatable bonds is 2. The summed E-state index contributed by atoms with van der Waals surface area (Å²) in [5.74, 6) is 1.65. The molecule has 1 aromatic heterocycles. The third-order valence-corrected chi connectivity index (χ3v) is 6.05. The Morgan fingerprint density at radius 1 is 0.963 bits per heavy atom. The van der Waals surface area contributed by atoms with Gasteiger partial charge < -0.3 is 14.4 Å². The molecule has 4 nitrogen and oxygen atoms in total. The molecule has 1 unspecified atom stereocenters. The molecular formula is C23H26N4. The number of fused-ring (bicyclic) bond motifs is 2. The summed E-state index contributed by atoms with van der Waals surface area (Å²) in [4.78, 5) is 9.43. The Kier molecular flexibility index (Phi) is 4.21. The monoisotopic (exact) mass is 358 g/mol. The minimum absolute atomic E-state index is 0.487. The van der Waals surface area contributed by atoms with Gasteiger partial charge in [-0.2, -0.15) is 0 Å². The van der Waals surface area contributed by atoms with E-state index in [1.165, 1.54) is 28.8 Å². The Morgan fingerprint density at radius 2 is 1.85 bits per heavy atom. The van der Waals surface area contributed by atoms with Crippen molar-refractivity contribution in [3.63, 3.8) is 0 Å². The normalized spacial score (nSPS) is 20.0. The molecule has 0 radical (unpaired) electrons. The van der Waals surface area contributed by atoms with Crippen LogP contribution in [0.2, 0.25) is 0 Å². The second-order valence-electron chi connectivity index (χ2n) is 7.83. The Labute approximate surface area is 161 Å². The van der Waals surface area contributed by atoms with E-state index in [2.05, 4.69) is 81.1 Å². The number of anilines is 1. The van der Waals surface area contributed by atoms with Crippen LogP contribution in [-0.4, -0.2) is 34.6 Å². The molecule has 1 atom stereocenters. The van der Waals surface area contributed by atoms with Crippen LogP contribution in [-0.2, 0) is 19.6 Å². The smallest absolute Gasteiger partial charge is 0.128 e. The maximum atomic E-state index is 4.51. The van der Waals surface area contributed by atoms with Crippen molar-refractivity contribution in [2.45, 2.75) is 32.0 Å². The van der Waals surface area contributed by atoms with E-state index in [9.17, 15) is 0 Å². The molecule has 0 N–H and O–H groups in total. The predicted molar refractivity (Wildman–Crippen MR) is 109 cm³/mol. The van der Waals surface area contributed by atoms with Crippen LogP contribution in [0.15, 0.2) is 60.9 Å². The maximum Gasteiger partial charge on any atom is 0.128 e. The summed E-state index contributed by atoms with van der Waals surface area (Å²) < 4.78 is 2.26. The van der Waals surface area contributed by atoms with Crippen molar-refractivity contribution in [1.29, 1.82) is 0 Å². The zero-order chi connectivity index (χ0) is 18.2. The highest BCUT2D eigenvalue weighted by Crippen LogP contribution is 2.36. The van der Waals surface area contributed by atoms with Crippen molar-refractivity contribution in [1.82, 2.24) is 14.5 Å². The van der Waals surface area contributed by atoms with Crippen molar-refractivity contribution < 1.29 is 0 Å². The van der Waals surface area contributed by atoms with Gasteiger partial charge in [0.1, 0.15) is 5.82 Å². The van der Waals surface area contributed by atoms with Gasteiger partial charge in [0, 0.05) is 43.6 Å². The van der Waals surface area contributed by atoms with E-state index in [0.29, 0.717) is 5.92 Å². The lowest BCUT2D eigenvalue weighted by Gasteiger charge is -2.30. The summed E-state index contributed by atoms with van der Waals surface area (Å²) in [5.41, 5.74) is 5.72. The second kappa shape index (κ2) is 6.86. The summed E-state index contributed by atoms with van der Waals surface area (Å²) in [6.45, 7) is 5.10.